The Morgan fingerprint density at radius 1 is 1.24 bits per heavy atom. The van der Waals surface area contributed by atoms with Gasteiger partial charge in [0.25, 0.3) is 0 Å². The van der Waals surface area contributed by atoms with E-state index < -0.39 is 0 Å². The van der Waals surface area contributed by atoms with Crippen LogP contribution in [0.15, 0.2) is 39.1 Å². The van der Waals surface area contributed by atoms with E-state index in [2.05, 4.69) is 15.3 Å². The molecule has 0 saturated carbocycles. The third kappa shape index (κ3) is 3.39. The summed E-state index contributed by atoms with van der Waals surface area (Å²) in [5, 5.41) is 12.5. The predicted octanol–water partition coefficient (Wildman–Crippen LogP) is 3.90. The van der Waals surface area contributed by atoms with Gasteiger partial charge in [0.2, 0.25) is 11.8 Å². The summed E-state index contributed by atoms with van der Waals surface area (Å²) in [4.78, 5) is 0. The molecule has 3 rings (SSSR count). The van der Waals surface area contributed by atoms with E-state index in [0.717, 1.165) is 20.4 Å². The van der Waals surface area contributed by atoms with Gasteiger partial charge in [-0.25, -0.2) is 4.68 Å². The highest BCUT2D eigenvalue weighted by Crippen LogP contribution is 2.26. The standard InChI is InChI=1S/C13H12N4OS3/c1-2-10-14-15-11(18-10)8-20-12-16-17(13(19)21-12)9-6-4-3-5-7-9/h3-7H,2,8H2,1H3. The van der Waals surface area contributed by atoms with Crippen molar-refractivity contribution in [3.8, 4) is 5.69 Å². The van der Waals surface area contributed by atoms with E-state index >= 15 is 0 Å². The number of thioether (sulfide) groups is 1. The number of nitrogens with zero attached hydrogens (tertiary/aromatic N) is 4. The van der Waals surface area contributed by atoms with Crippen molar-refractivity contribution < 1.29 is 4.42 Å². The fourth-order valence-electron chi connectivity index (χ4n) is 1.66. The van der Waals surface area contributed by atoms with Crippen molar-refractivity contribution in [1.29, 1.82) is 0 Å². The van der Waals surface area contributed by atoms with Gasteiger partial charge in [0.15, 0.2) is 8.29 Å². The molecule has 21 heavy (non-hydrogen) atoms. The highest BCUT2D eigenvalue weighted by Gasteiger charge is 2.09. The summed E-state index contributed by atoms with van der Waals surface area (Å²) >= 11 is 8.39. The molecule has 0 unspecified atom stereocenters. The molecule has 2 heterocycles. The van der Waals surface area contributed by atoms with Crippen LogP contribution in [0.1, 0.15) is 18.7 Å². The molecule has 108 valence electrons. The summed E-state index contributed by atoms with van der Waals surface area (Å²) in [5.41, 5.74) is 0.969. The van der Waals surface area contributed by atoms with E-state index in [9.17, 15) is 0 Å². The first-order valence-corrected chi connectivity index (χ1v) is 8.57. The zero-order chi connectivity index (χ0) is 14.7. The molecular formula is C13H12N4OS3. The highest BCUT2D eigenvalue weighted by molar-refractivity contribution is 8.00. The molecular weight excluding hydrogens is 324 g/mol. The zero-order valence-corrected chi connectivity index (χ0v) is 13.7. The quantitative estimate of drug-likeness (QED) is 0.520. The molecule has 8 heteroatoms. The van der Waals surface area contributed by atoms with E-state index in [1.807, 2.05) is 37.3 Å². The van der Waals surface area contributed by atoms with Crippen LogP contribution in [0.25, 0.3) is 5.69 Å². The Morgan fingerprint density at radius 2 is 2.00 bits per heavy atom. The average molecular weight is 336 g/mol. The van der Waals surface area contributed by atoms with E-state index in [1.165, 1.54) is 11.3 Å². The summed E-state index contributed by atoms with van der Waals surface area (Å²) in [6, 6.07) is 9.86. The summed E-state index contributed by atoms with van der Waals surface area (Å²) in [7, 11) is 0. The van der Waals surface area contributed by atoms with Crippen LogP contribution < -0.4 is 0 Å². The highest BCUT2D eigenvalue weighted by atomic mass is 32.2. The first-order chi connectivity index (χ1) is 10.3. The van der Waals surface area contributed by atoms with Crippen molar-refractivity contribution >= 4 is 35.3 Å². The maximum atomic E-state index is 5.48. The number of hydrogen-bond donors (Lipinski definition) is 0. The van der Waals surface area contributed by atoms with Crippen molar-refractivity contribution in [1.82, 2.24) is 20.0 Å². The molecule has 2 aromatic heterocycles. The van der Waals surface area contributed by atoms with Gasteiger partial charge in [-0.1, -0.05) is 48.2 Å². The lowest BCUT2D eigenvalue weighted by Crippen LogP contribution is -1.95. The van der Waals surface area contributed by atoms with Crippen molar-refractivity contribution in [3.05, 3.63) is 46.1 Å². The second-order valence-corrected chi connectivity index (χ2v) is 6.96. The topological polar surface area (TPSA) is 56.7 Å². The Kier molecular flexibility index (Phi) is 4.47. The molecule has 0 aliphatic carbocycles. The second-order valence-electron chi connectivity index (χ2n) is 4.11. The van der Waals surface area contributed by atoms with Crippen LogP contribution in [0, 0.1) is 3.95 Å². The third-order valence-electron chi connectivity index (χ3n) is 2.66. The minimum Gasteiger partial charge on any atom is -0.424 e. The number of hydrogen-bond acceptors (Lipinski definition) is 7. The summed E-state index contributed by atoms with van der Waals surface area (Å²) < 4.78 is 8.86. The van der Waals surface area contributed by atoms with Gasteiger partial charge in [-0.3, -0.25) is 0 Å². The maximum Gasteiger partial charge on any atom is 0.226 e. The normalized spacial score (nSPS) is 10.9. The number of rotatable bonds is 5. The van der Waals surface area contributed by atoms with Gasteiger partial charge in [0.1, 0.15) is 0 Å². The molecule has 3 aromatic rings. The van der Waals surface area contributed by atoms with Gasteiger partial charge in [-0.15, -0.1) is 15.3 Å². The largest absolute Gasteiger partial charge is 0.424 e. The fraction of sp³-hybridized carbons (Fsp3) is 0.231. The molecule has 0 atom stereocenters. The molecule has 0 fully saturated rings. The smallest absolute Gasteiger partial charge is 0.226 e. The first kappa shape index (κ1) is 14.4. The SMILES string of the molecule is CCc1nnc(CSc2nn(-c3ccccc3)c(=S)s2)o1. The van der Waals surface area contributed by atoms with Crippen LogP contribution in [0.4, 0.5) is 0 Å². The van der Waals surface area contributed by atoms with Crippen LogP contribution in [0.2, 0.25) is 0 Å². The van der Waals surface area contributed by atoms with Crippen molar-refractivity contribution in [2.45, 2.75) is 23.4 Å². The Morgan fingerprint density at radius 3 is 2.71 bits per heavy atom. The fourth-order valence-corrected chi connectivity index (χ4v) is 3.86. The minimum atomic E-state index is 0.601. The number of benzene rings is 1. The van der Waals surface area contributed by atoms with Gasteiger partial charge >= 0.3 is 0 Å². The zero-order valence-electron chi connectivity index (χ0n) is 11.2. The van der Waals surface area contributed by atoms with Crippen LogP contribution in [0.5, 0.6) is 0 Å². The molecule has 5 nitrogen and oxygen atoms in total. The van der Waals surface area contributed by atoms with Gasteiger partial charge in [0.05, 0.1) is 11.4 Å². The van der Waals surface area contributed by atoms with Gasteiger partial charge in [-0.05, 0) is 24.4 Å². The van der Waals surface area contributed by atoms with Gasteiger partial charge in [0, 0.05) is 6.42 Å². The van der Waals surface area contributed by atoms with E-state index in [-0.39, 0.29) is 0 Å². The van der Waals surface area contributed by atoms with Crippen molar-refractivity contribution in [2.24, 2.45) is 0 Å². The number of para-hydroxylation sites is 1. The van der Waals surface area contributed by atoms with E-state index in [1.54, 1.807) is 16.4 Å². The minimum absolute atomic E-state index is 0.601. The Hall–Kier alpha value is -1.51. The molecule has 0 amide bonds. The number of aryl methyl sites for hydroxylation is 1. The Balaban J connectivity index is 1.74. The van der Waals surface area contributed by atoms with Crippen LogP contribution in [-0.2, 0) is 12.2 Å². The Bertz CT molecular complexity index is 778. The van der Waals surface area contributed by atoms with Crippen LogP contribution >= 0.6 is 35.3 Å². The molecule has 0 aliphatic rings. The van der Waals surface area contributed by atoms with Gasteiger partial charge in [-0.2, -0.15) is 0 Å². The molecule has 0 aliphatic heterocycles. The monoisotopic (exact) mass is 336 g/mol. The lowest BCUT2D eigenvalue weighted by Gasteiger charge is -1.98. The summed E-state index contributed by atoms with van der Waals surface area (Å²) in [5.74, 6) is 1.88. The molecule has 0 N–H and O–H groups in total. The molecule has 0 spiro atoms. The van der Waals surface area contributed by atoms with Gasteiger partial charge < -0.3 is 4.42 Å². The summed E-state index contributed by atoms with van der Waals surface area (Å²) in [6.07, 6.45) is 0.749. The third-order valence-corrected chi connectivity index (χ3v) is 5.01. The van der Waals surface area contributed by atoms with Crippen molar-refractivity contribution in [3.63, 3.8) is 0 Å². The summed E-state index contributed by atoms with van der Waals surface area (Å²) in [6.45, 7) is 1.98. The van der Waals surface area contributed by atoms with Crippen molar-refractivity contribution in [2.75, 3.05) is 0 Å². The van der Waals surface area contributed by atoms with Crippen LogP contribution in [0.3, 0.4) is 0 Å². The lowest BCUT2D eigenvalue weighted by atomic mass is 10.3. The number of aromatic nitrogens is 4. The maximum absolute atomic E-state index is 5.48. The lowest BCUT2D eigenvalue weighted by molar-refractivity contribution is 0.470. The molecule has 0 saturated heterocycles. The first-order valence-electron chi connectivity index (χ1n) is 6.36. The molecule has 1 aromatic carbocycles. The Labute approximate surface area is 135 Å². The molecule has 0 radical (unpaired) electrons. The van der Waals surface area contributed by atoms with Crippen LogP contribution in [-0.4, -0.2) is 20.0 Å². The second kappa shape index (κ2) is 6.50. The van der Waals surface area contributed by atoms with E-state index in [4.69, 9.17) is 16.6 Å². The average Bonchev–Trinajstić information content (AvgIpc) is 3.12. The molecule has 0 bridgehead atoms. The van der Waals surface area contributed by atoms with E-state index in [0.29, 0.717) is 17.5 Å². The predicted molar refractivity (Wildman–Crippen MR) is 85.5 cm³/mol.